The molecule has 1 aliphatic rings. The fraction of sp³-hybridized carbons (Fsp3) is 0.385. The minimum absolute atomic E-state index is 0.0190. The molecule has 0 spiro atoms. The quantitative estimate of drug-likeness (QED) is 0.506. The Labute approximate surface area is 194 Å². The van der Waals surface area contributed by atoms with Crippen molar-refractivity contribution in [1.29, 1.82) is 0 Å². The first-order valence-electron chi connectivity index (χ1n) is 11.5. The number of nitrogens with one attached hydrogen (secondary N) is 1. The van der Waals surface area contributed by atoms with Crippen LogP contribution in [0.1, 0.15) is 60.8 Å². The summed E-state index contributed by atoms with van der Waals surface area (Å²) in [6.45, 7) is 11.3. The number of amides is 1. The Balaban J connectivity index is 1.89. The highest BCUT2D eigenvalue weighted by molar-refractivity contribution is 6.02. The first-order chi connectivity index (χ1) is 15.8. The average Bonchev–Trinajstić information content (AvgIpc) is 3.23. The van der Waals surface area contributed by atoms with Gasteiger partial charge >= 0.3 is 0 Å². The lowest BCUT2D eigenvalue weighted by molar-refractivity contribution is 0.0947. The number of nitrogens with zero attached hydrogens (tertiary/aromatic N) is 2. The van der Waals surface area contributed by atoms with Crippen molar-refractivity contribution < 1.29 is 19.5 Å². The van der Waals surface area contributed by atoms with Gasteiger partial charge in [-0.15, -0.1) is 0 Å². The van der Waals surface area contributed by atoms with E-state index in [0.29, 0.717) is 29.0 Å². The van der Waals surface area contributed by atoms with E-state index in [4.69, 9.17) is 4.52 Å². The highest BCUT2D eigenvalue weighted by atomic mass is 16.5. The topological polar surface area (TPSA) is 98.8 Å². The second-order valence-corrected chi connectivity index (χ2v) is 8.78. The van der Waals surface area contributed by atoms with Crippen LogP contribution in [0.5, 0.6) is 11.5 Å². The van der Waals surface area contributed by atoms with Gasteiger partial charge in [-0.3, -0.25) is 9.69 Å². The molecule has 0 bridgehead atoms. The van der Waals surface area contributed by atoms with Crippen LogP contribution in [0, 0.1) is 0 Å². The first kappa shape index (κ1) is 22.9. The van der Waals surface area contributed by atoms with Gasteiger partial charge in [0.2, 0.25) is 0 Å². The number of aromatic nitrogens is 1. The Morgan fingerprint density at radius 2 is 1.94 bits per heavy atom. The predicted molar refractivity (Wildman–Crippen MR) is 127 cm³/mol. The molecule has 174 valence electrons. The van der Waals surface area contributed by atoms with E-state index in [0.717, 1.165) is 31.6 Å². The van der Waals surface area contributed by atoms with Gasteiger partial charge in [-0.25, -0.2) is 0 Å². The van der Waals surface area contributed by atoms with Crippen molar-refractivity contribution in [2.24, 2.45) is 0 Å². The lowest BCUT2D eigenvalue weighted by Crippen LogP contribution is -2.30. The summed E-state index contributed by atoms with van der Waals surface area (Å²) < 4.78 is 5.68. The maximum Gasteiger partial charge on any atom is 0.274 e. The second kappa shape index (κ2) is 9.27. The number of hydrogen-bond acceptors (Lipinski definition) is 6. The summed E-state index contributed by atoms with van der Waals surface area (Å²) in [6, 6.07) is 9.20. The van der Waals surface area contributed by atoms with Crippen LogP contribution in [0.15, 0.2) is 34.9 Å². The Morgan fingerprint density at radius 3 is 2.64 bits per heavy atom. The van der Waals surface area contributed by atoms with E-state index in [-0.39, 0.29) is 29.0 Å². The van der Waals surface area contributed by atoms with Crippen LogP contribution in [0.4, 0.5) is 0 Å². The monoisotopic (exact) mass is 449 g/mol. The van der Waals surface area contributed by atoms with Crippen molar-refractivity contribution in [2.45, 2.75) is 46.6 Å². The molecule has 33 heavy (non-hydrogen) atoms. The molecule has 0 radical (unpaired) electrons. The number of fused-ring (bicyclic) bond motifs is 1. The Kier molecular flexibility index (Phi) is 6.42. The standard InChI is InChI=1S/C26H31N3O4/c1-5-27-26(32)24-23(17-7-8-18-14-29(6-2)10-9-16(18)11-17)25(33-28-24)20-12-19(15(3)4)21(30)13-22(20)31/h7-8,11-13,15,30-31H,5-6,9-10,14H2,1-4H3,(H,27,32). The molecule has 0 saturated heterocycles. The maximum absolute atomic E-state index is 12.8. The fourth-order valence-corrected chi connectivity index (χ4v) is 4.42. The number of likely N-dealkylation sites (N-methyl/N-ethyl adjacent to an activating group) is 1. The van der Waals surface area contributed by atoms with E-state index in [9.17, 15) is 15.0 Å². The van der Waals surface area contributed by atoms with Crippen LogP contribution >= 0.6 is 0 Å². The van der Waals surface area contributed by atoms with Gasteiger partial charge in [0, 0.05) is 25.7 Å². The SMILES string of the molecule is CCNC(=O)c1noc(-c2cc(C(C)C)c(O)cc2O)c1-c1ccc2c(c1)CCN(CC)C2. The van der Waals surface area contributed by atoms with Gasteiger partial charge in [-0.05, 0) is 54.1 Å². The van der Waals surface area contributed by atoms with Crippen molar-refractivity contribution in [3.63, 3.8) is 0 Å². The van der Waals surface area contributed by atoms with Crippen molar-refractivity contribution in [3.8, 4) is 33.9 Å². The number of carbonyl (C=O) groups is 1. The zero-order valence-electron chi connectivity index (χ0n) is 19.6. The molecule has 0 atom stereocenters. The first-order valence-corrected chi connectivity index (χ1v) is 11.5. The molecule has 4 rings (SSSR count). The number of carbonyl (C=O) groups excluding carboxylic acids is 1. The van der Waals surface area contributed by atoms with Crippen LogP contribution in [-0.4, -0.2) is 45.8 Å². The second-order valence-electron chi connectivity index (χ2n) is 8.78. The summed E-state index contributed by atoms with van der Waals surface area (Å²) in [5, 5.41) is 27.8. The number of phenols is 2. The van der Waals surface area contributed by atoms with E-state index in [2.05, 4.69) is 34.4 Å². The fourth-order valence-electron chi connectivity index (χ4n) is 4.42. The lowest BCUT2D eigenvalue weighted by Gasteiger charge is -2.27. The maximum atomic E-state index is 12.8. The number of hydrogen-bond donors (Lipinski definition) is 3. The van der Waals surface area contributed by atoms with E-state index >= 15 is 0 Å². The number of benzene rings is 2. The third kappa shape index (κ3) is 4.33. The summed E-state index contributed by atoms with van der Waals surface area (Å²) in [4.78, 5) is 15.2. The van der Waals surface area contributed by atoms with Gasteiger partial charge in [0.25, 0.3) is 5.91 Å². The van der Waals surface area contributed by atoms with E-state index in [1.165, 1.54) is 17.2 Å². The van der Waals surface area contributed by atoms with Gasteiger partial charge in [-0.1, -0.05) is 44.1 Å². The molecule has 2 aromatic carbocycles. The van der Waals surface area contributed by atoms with Crippen molar-refractivity contribution in [1.82, 2.24) is 15.4 Å². The van der Waals surface area contributed by atoms with Crippen LogP contribution in [0.25, 0.3) is 22.5 Å². The Morgan fingerprint density at radius 1 is 1.15 bits per heavy atom. The number of rotatable bonds is 6. The average molecular weight is 450 g/mol. The highest BCUT2D eigenvalue weighted by Gasteiger charge is 2.28. The molecule has 0 fully saturated rings. The molecule has 0 aliphatic carbocycles. The lowest BCUT2D eigenvalue weighted by atomic mass is 9.91. The molecule has 3 aromatic rings. The van der Waals surface area contributed by atoms with E-state index in [1.807, 2.05) is 26.8 Å². The molecule has 3 N–H and O–H groups in total. The smallest absolute Gasteiger partial charge is 0.274 e. The van der Waals surface area contributed by atoms with Gasteiger partial charge in [0.05, 0.1) is 11.1 Å². The minimum atomic E-state index is -0.334. The van der Waals surface area contributed by atoms with Crippen molar-refractivity contribution in [2.75, 3.05) is 19.6 Å². The largest absolute Gasteiger partial charge is 0.508 e. The molecule has 1 aromatic heterocycles. The summed E-state index contributed by atoms with van der Waals surface area (Å²) >= 11 is 0. The van der Waals surface area contributed by atoms with Crippen LogP contribution in [0.3, 0.4) is 0 Å². The number of phenolic OH excluding ortho intramolecular Hbond substituents is 2. The van der Waals surface area contributed by atoms with Crippen LogP contribution < -0.4 is 5.32 Å². The third-order valence-corrected chi connectivity index (χ3v) is 6.29. The van der Waals surface area contributed by atoms with Gasteiger partial charge < -0.3 is 20.1 Å². The number of aromatic hydroxyl groups is 2. The Hall–Kier alpha value is -3.32. The molecule has 1 aliphatic heterocycles. The van der Waals surface area contributed by atoms with E-state index < -0.39 is 0 Å². The Bertz CT molecular complexity index is 1180. The summed E-state index contributed by atoms with van der Waals surface area (Å²) in [5.74, 6) is -0.107. The zero-order valence-corrected chi connectivity index (χ0v) is 19.6. The molecule has 0 saturated carbocycles. The molecular weight excluding hydrogens is 418 g/mol. The summed E-state index contributed by atoms with van der Waals surface area (Å²) in [6.07, 6.45) is 0.927. The molecule has 7 nitrogen and oxygen atoms in total. The van der Waals surface area contributed by atoms with Gasteiger partial charge in [0.1, 0.15) is 11.5 Å². The van der Waals surface area contributed by atoms with E-state index in [1.54, 1.807) is 6.07 Å². The van der Waals surface area contributed by atoms with Crippen LogP contribution in [0.2, 0.25) is 0 Å². The summed E-state index contributed by atoms with van der Waals surface area (Å²) in [7, 11) is 0. The highest BCUT2D eigenvalue weighted by Crippen LogP contribution is 2.43. The van der Waals surface area contributed by atoms with Crippen molar-refractivity contribution >= 4 is 5.91 Å². The van der Waals surface area contributed by atoms with Gasteiger partial charge in [-0.2, -0.15) is 0 Å². The van der Waals surface area contributed by atoms with Crippen LogP contribution in [-0.2, 0) is 13.0 Å². The molecule has 1 amide bonds. The molecular formula is C26H31N3O4. The van der Waals surface area contributed by atoms with Gasteiger partial charge in [0.15, 0.2) is 11.5 Å². The predicted octanol–water partition coefficient (Wildman–Crippen LogP) is 4.67. The molecule has 7 heteroatoms. The van der Waals surface area contributed by atoms with Crippen molar-refractivity contribution in [3.05, 3.63) is 52.7 Å². The normalized spacial score (nSPS) is 13.8. The third-order valence-electron chi connectivity index (χ3n) is 6.29. The zero-order chi connectivity index (χ0) is 23.7. The summed E-state index contributed by atoms with van der Waals surface area (Å²) in [5.41, 5.74) is 5.12. The minimum Gasteiger partial charge on any atom is -0.508 e. The molecule has 0 unspecified atom stereocenters. The molecule has 2 heterocycles.